The van der Waals surface area contributed by atoms with Crippen LogP contribution in [0.3, 0.4) is 0 Å². The van der Waals surface area contributed by atoms with Gasteiger partial charge in [-0.3, -0.25) is 0 Å². The Bertz CT molecular complexity index is 485. The van der Waals surface area contributed by atoms with Crippen molar-refractivity contribution >= 4 is 21.6 Å². The molecule has 0 spiro atoms. The molecule has 1 rings (SSSR count). The average Bonchev–Trinajstić information content (AvgIpc) is 2.23. The highest BCUT2D eigenvalue weighted by molar-refractivity contribution is 7.89. The monoisotopic (exact) mass is 263 g/mol. The van der Waals surface area contributed by atoms with Gasteiger partial charge < -0.3 is 4.74 Å². The van der Waals surface area contributed by atoms with Crippen LogP contribution in [0.15, 0.2) is 17.0 Å². The molecule has 0 aliphatic heterocycles. The van der Waals surface area contributed by atoms with Crippen LogP contribution in [0.5, 0.6) is 5.75 Å². The first kappa shape index (κ1) is 13.3. The maximum atomic E-state index is 11.7. The summed E-state index contributed by atoms with van der Waals surface area (Å²) in [6, 6.07) is 3.02. The molecule has 16 heavy (non-hydrogen) atoms. The van der Waals surface area contributed by atoms with Gasteiger partial charge in [-0.05, 0) is 38.6 Å². The first-order valence-electron chi connectivity index (χ1n) is 4.79. The number of ether oxygens (including phenoxy) is 1. The number of sulfonamides is 1. The van der Waals surface area contributed by atoms with Gasteiger partial charge in [-0.1, -0.05) is 11.6 Å². The Hall–Kier alpha value is -0.780. The molecular formula is C10H14ClNO3S. The van der Waals surface area contributed by atoms with Gasteiger partial charge >= 0.3 is 0 Å². The van der Waals surface area contributed by atoms with Crippen LogP contribution in [0.1, 0.15) is 12.5 Å². The zero-order valence-electron chi connectivity index (χ0n) is 9.37. The van der Waals surface area contributed by atoms with Gasteiger partial charge in [0.1, 0.15) is 10.6 Å². The molecular weight excluding hydrogens is 250 g/mol. The first-order chi connectivity index (χ1) is 7.42. The fourth-order valence-electron chi connectivity index (χ4n) is 1.23. The van der Waals surface area contributed by atoms with Crippen LogP contribution < -0.4 is 9.46 Å². The van der Waals surface area contributed by atoms with Crippen molar-refractivity contribution in [3.63, 3.8) is 0 Å². The summed E-state index contributed by atoms with van der Waals surface area (Å²) in [7, 11) is -2.20. The summed E-state index contributed by atoms with van der Waals surface area (Å²) in [5.74, 6) is 0.318. The van der Waals surface area contributed by atoms with E-state index in [9.17, 15) is 8.42 Å². The highest BCUT2D eigenvalue weighted by Crippen LogP contribution is 2.30. The summed E-state index contributed by atoms with van der Waals surface area (Å²) < 4.78 is 30.9. The van der Waals surface area contributed by atoms with Gasteiger partial charge in [0.2, 0.25) is 10.0 Å². The minimum atomic E-state index is -3.55. The van der Waals surface area contributed by atoms with Gasteiger partial charge in [0.15, 0.2) is 0 Å². The summed E-state index contributed by atoms with van der Waals surface area (Å²) in [4.78, 5) is 0.0625. The van der Waals surface area contributed by atoms with Crippen molar-refractivity contribution in [3.05, 3.63) is 22.7 Å². The summed E-state index contributed by atoms with van der Waals surface area (Å²) in [5, 5.41) is 0.400. The van der Waals surface area contributed by atoms with E-state index in [1.165, 1.54) is 13.1 Å². The van der Waals surface area contributed by atoms with Crippen LogP contribution in [-0.4, -0.2) is 22.1 Å². The second kappa shape index (κ2) is 5.03. The van der Waals surface area contributed by atoms with Crippen LogP contribution in [0.2, 0.25) is 5.02 Å². The van der Waals surface area contributed by atoms with Crippen LogP contribution in [0, 0.1) is 6.92 Å². The molecule has 0 saturated carbocycles. The third-order valence-corrected chi connectivity index (χ3v) is 3.93. The highest BCUT2D eigenvalue weighted by atomic mass is 35.5. The molecule has 0 atom stereocenters. The van der Waals surface area contributed by atoms with E-state index in [0.29, 0.717) is 17.4 Å². The third kappa shape index (κ3) is 2.66. The molecule has 0 aromatic heterocycles. The molecule has 0 saturated heterocycles. The molecule has 0 fully saturated rings. The molecule has 0 amide bonds. The summed E-state index contributed by atoms with van der Waals surface area (Å²) in [6.45, 7) is 3.98. The molecule has 0 aliphatic rings. The number of rotatable bonds is 4. The number of halogens is 1. The van der Waals surface area contributed by atoms with E-state index >= 15 is 0 Å². The van der Waals surface area contributed by atoms with E-state index < -0.39 is 10.0 Å². The lowest BCUT2D eigenvalue weighted by Gasteiger charge is -2.12. The molecule has 4 nitrogen and oxygen atoms in total. The van der Waals surface area contributed by atoms with Gasteiger partial charge in [0.25, 0.3) is 0 Å². The average molecular weight is 264 g/mol. The topological polar surface area (TPSA) is 55.4 Å². The Kier molecular flexibility index (Phi) is 4.18. The summed E-state index contributed by atoms with van der Waals surface area (Å²) in [6.07, 6.45) is 0. The maximum absolute atomic E-state index is 11.7. The Labute approximate surface area is 101 Å². The molecule has 1 aromatic rings. The molecule has 6 heteroatoms. The summed E-state index contributed by atoms with van der Waals surface area (Å²) >= 11 is 5.90. The third-order valence-electron chi connectivity index (χ3n) is 2.08. The minimum absolute atomic E-state index is 0.0625. The fourth-order valence-corrected chi connectivity index (χ4v) is 2.33. The quantitative estimate of drug-likeness (QED) is 0.903. The van der Waals surface area contributed by atoms with Crippen molar-refractivity contribution in [2.24, 2.45) is 0 Å². The van der Waals surface area contributed by atoms with Gasteiger partial charge in [-0.25, -0.2) is 13.1 Å². The van der Waals surface area contributed by atoms with Crippen molar-refractivity contribution in [1.29, 1.82) is 0 Å². The van der Waals surface area contributed by atoms with Crippen LogP contribution in [-0.2, 0) is 10.0 Å². The SMILES string of the molecule is CCOc1cc(C)c(Cl)cc1S(=O)(=O)NC. The number of hydrogen-bond acceptors (Lipinski definition) is 3. The minimum Gasteiger partial charge on any atom is -0.492 e. The van der Waals surface area contributed by atoms with Gasteiger partial charge in [0, 0.05) is 5.02 Å². The van der Waals surface area contributed by atoms with E-state index in [0.717, 1.165) is 5.56 Å². The van der Waals surface area contributed by atoms with Crippen molar-refractivity contribution in [2.75, 3.05) is 13.7 Å². The Balaban J connectivity index is 3.42. The molecule has 0 aliphatic carbocycles. The van der Waals surface area contributed by atoms with Crippen LogP contribution in [0.25, 0.3) is 0 Å². The van der Waals surface area contributed by atoms with Gasteiger partial charge in [-0.2, -0.15) is 0 Å². The van der Waals surface area contributed by atoms with E-state index in [1.54, 1.807) is 19.9 Å². The maximum Gasteiger partial charge on any atom is 0.244 e. The van der Waals surface area contributed by atoms with Crippen LogP contribution >= 0.6 is 11.6 Å². The number of nitrogens with one attached hydrogen (secondary N) is 1. The molecule has 1 N–H and O–H groups in total. The number of aryl methyl sites for hydroxylation is 1. The van der Waals surface area contributed by atoms with E-state index in [4.69, 9.17) is 16.3 Å². The second-order valence-corrected chi connectivity index (χ2v) is 5.45. The van der Waals surface area contributed by atoms with Crippen LogP contribution in [0.4, 0.5) is 0 Å². The molecule has 0 heterocycles. The normalized spacial score (nSPS) is 11.5. The molecule has 0 bridgehead atoms. The smallest absolute Gasteiger partial charge is 0.244 e. The predicted molar refractivity (Wildman–Crippen MR) is 63.6 cm³/mol. The van der Waals surface area contributed by atoms with Crippen molar-refractivity contribution in [3.8, 4) is 5.75 Å². The zero-order valence-corrected chi connectivity index (χ0v) is 10.9. The first-order valence-corrected chi connectivity index (χ1v) is 6.65. The van der Waals surface area contributed by atoms with Gasteiger partial charge in [-0.15, -0.1) is 0 Å². The number of hydrogen-bond donors (Lipinski definition) is 1. The Morgan fingerprint density at radius 2 is 2.06 bits per heavy atom. The largest absolute Gasteiger partial charge is 0.492 e. The number of benzene rings is 1. The molecule has 0 radical (unpaired) electrons. The lowest BCUT2D eigenvalue weighted by atomic mass is 10.2. The molecule has 90 valence electrons. The van der Waals surface area contributed by atoms with E-state index in [1.807, 2.05) is 0 Å². The standard InChI is InChI=1S/C10H14ClNO3S/c1-4-15-9-5-7(2)8(11)6-10(9)16(13,14)12-3/h5-6,12H,4H2,1-3H3. The lowest BCUT2D eigenvalue weighted by Crippen LogP contribution is -2.19. The Morgan fingerprint density at radius 3 is 2.56 bits per heavy atom. The second-order valence-electron chi connectivity index (χ2n) is 3.19. The lowest BCUT2D eigenvalue weighted by molar-refractivity contribution is 0.331. The zero-order chi connectivity index (χ0) is 12.3. The van der Waals surface area contributed by atoms with Crippen molar-refractivity contribution in [2.45, 2.75) is 18.7 Å². The van der Waals surface area contributed by atoms with E-state index in [-0.39, 0.29) is 4.90 Å². The predicted octanol–water partition coefficient (Wildman–Crippen LogP) is 1.96. The molecule has 1 aromatic carbocycles. The van der Waals surface area contributed by atoms with Crippen molar-refractivity contribution in [1.82, 2.24) is 4.72 Å². The molecule has 0 unspecified atom stereocenters. The van der Waals surface area contributed by atoms with Gasteiger partial charge in [0.05, 0.1) is 6.61 Å². The summed E-state index contributed by atoms with van der Waals surface area (Å²) in [5.41, 5.74) is 0.778. The highest BCUT2D eigenvalue weighted by Gasteiger charge is 2.19. The Morgan fingerprint density at radius 1 is 1.44 bits per heavy atom. The van der Waals surface area contributed by atoms with Crippen molar-refractivity contribution < 1.29 is 13.2 Å². The fraction of sp³-hybridized carbons (Fsp3) is 0.400. The van der Waals surface area contributed by atoms with E-state index in [2.05, 4.69) is 4.72 Å².